The molecule has 0 spiro atoms. The third-order valence-electron chi connectivity index (χ3n) is 18.2. The second-order valence-corrected chi connectivity index (χ2v) is 31.0. The van der Waals surface area contributed by atoms with Gasteiger partial charge in [-0.25, -0.2) is 9.13 Å². The number of carbonyl (C=O) groups is 4. The maximum absolute atomic E-state index is 13.1. The summed E-state index contributed by atoms with van der Waals surface area (Å²) in [6.45, 7) is 4.93. The average molecular weight is 1450 g/mol. The van der Waals surface area contributed by atoms with Crippen molar-refractivity contribution in [2.45, 2.75) is 425 Å². The molecule has 3 N–H and O–H groups in total. The minimum Gasteiger partial charge on any atom is -0.462 e. The zero-order chi connectivity index (χ0) is 72.5. The van der Waals surface area contributed by atoms with E-state index in [-0.39, 0.29) is 25.7 Å². The summed E-state index contributed by atoms with van der Waals surface area (Å²) >= 11 is 0. The summed E-state index contributed by atoms with van der Waals surface area (Å²) in [6, 6.07) is 0. The van der Waals surface area contributed by atoms with E-state index in [9.17, 15) is 43.2 Å². The first kappa shape index (κ1) is 96.5. The summed E-state index contributed by atoms with van der Waals surface area (Å²) in [5, 5.41) is 10.6. The molecule has 0 aliphatic rings. The van der Waals surface area contributed by atoms with E-state index in [1.54, 1.807) is 0 Å². The van der Waals surface area contributed by atoms with Gasteiger partial charge in [-0.05, 0) is 51.4 Å². The van der Waals surface area contributed by atoms with Gasteiger partial charge in [-0.2, -0.15) is 0 Å². The maximum Gasteiger partial charge on any atom is 0.472 e. The molecule has 0 amide bonds. The number of esters is 4. The number of hydrogen-bond donors (Lipinski definition) is 3. The van der Waals surface area contributed by atoms with Gasteiger partial charge in [0.1, 0.15) is 19.3 Å². The van der Waals surface area contributed by atoms with Gasteiger partial charge in [0, 0.05) is 25.7 Å². The fraction of sp³-hybridized carbons (Fsp3) is 0.900. The van der Waals surface area contributed by atoms with Gasteiger partial charge in [0.05, 0.1) is 26.4 Å². The van der Waals surface area contributed by atoms with Crippen LogP contribution in [0.3, 0.4) is 0 Å². The Labute approximate surface area is 605 Å². The van der Waals surface area contributed by atoms with Crippen LogP contribution in [0.1, 0.15) is 407 Å². The molecule has 5 atom stereocenters. The number of ether oxygens (including phenoxy) is 4. The first-order valence-corrected chi connectivity index (χ1v) is 44.1. The van der Waals surface area contributed by atoms with Gasteiger partial charge in [0.25, 0.3) is 0 Å². The highest BCUT2D eigenvalue weighted by molar-refractivity contribution is 7.47. The van der Waals surface area contributed by atoms with Crippen molar-refractivity contribution >= 4 is 39.5 Å². The van der Waals surface area contributed by atoms with Crippen LogP contribution in [0.25, 0.3) is 0 Å². The Bertz CT molecular complexity index is 1970. The van der Waals surface area contributed by atoms with E-state index in [4.69, 9.17) is 37.0 Å². The van der Waals surface area contributed by atoms with E-state index in [0.29, 0.717) is 25.7 Å². The van der Waals surface area contributed by atoms with E-state index in [1.165, 1.54) is 218 Å². The number of rotatable bonds is 79. The molecule has 0 radical (unpaired) electrons. The topological polar surface area (TPSA) is 237 Å². The molecule has 0 heterocycles. The molecule has 0 saturated carbocycles. The molecule has 0 aliphatic carbocycles. The molecule has 99 heavy (non-hydrogen) atoms. The molecule has 17 nitrogen and oxygen atoms in total. The van der Waals surface area contributed by atoms with Crippen molar-refractivity contribution in [2.24, 2.45) is 0 Å². The standard InChI is InChI=1S/C80H152O17P2/c1-5-9-13-17-21-25-29-32-34-35-36-37-38-39-40-42-44-47-51-55-59-63-67-80(85)97-76(71-91-78(83)65-61-57-53-49-46-43-41-33-30-26-22-18-14-10-6-2)73-95-99(88,89)93-69-74(81)68-92-98(86,87)94-72-75(70-90-77(82)64-60-56-52-48-28-24-20-16-12-8-4)96-79(84)66-62-58-54-50-45-31-27-23-19-15-11-7-3/h26,30,33,41,74-76,81H,5-25,27-29,31-32,34-40,42-73H2,1-4H3,(H,86,87)(H,88,89)/b30-26-,41-33-/t74-,75+,76+/m0/s1. The van der Waals surface area contributed by atoms with Crippen molar-refractivity contribution in [1.82, 2.24) is 0 Å². The fourth-order valence-corrected chi connectivity index (χ4v) is 13.5. The van der Waals surface area contributed by atoms with Gasteiger partial charge in [0.15, 0.2) is 12.2 Å². The highest BCUT2D eigenvalue weighted by Gasteiger charge is 2.30. The molecular formula is C80H152O17P2. The van der Waals surface area contributed by atoms with Crippen molar-refractivity contribution in [3.8, 4) is 0 Å². The van der Waals surface area contributed by atoms with Crippen LogP contribution in [-0.4, -0.2) is 96.7 Å². The molecule has 0 aromatic carbocycles. The molecule has 19 heteroatoms. The highest BCUT2D eigenvalue weighted by Crippen LogP contribution is 2.45. The smallest absolute Gasteiger partial charge is 0.462 e. The van der Waals surface area contributed by atoms with Crippen LogP contribution in [0.2, 0.25) is 0 Å². The van der Waals surface area contributed by atoms with E-state index in [2.05, 4.69) is 52.0 Å². The molecule has 0 bridgehead atoms. The number of phosphoric ester groups is 2. The van der Waals surface area contributed by atoms with Gasteiger partial charge in [-0.15, -0.1) is 0 Å². The van der Waals surface area contributed by atoms with Gasteiger partial charge < -0.3 is 33.8 Å². The third-order valence-corrected chi connectivity index (χ3v) is 20.1. The van der Waals surface area contributed by atoms with E-state index in [1.807, 2.05) is 0 Å². The minimum absolute atomic E-state index is 0.103. The predicted octanol–water partition coefficient (Wildman–Crippen LogP) is 23.7. The number of phosphoric acid groups is 2. The molecule has 0 aromatic heterocycles. The maximum atomic E-state index is 13.1. The second-order valence-electron chi connectivity index (χ2n) is 28.1. The summed E-state index contributed by atoms with van der Waals surface area (Å²) in [4.78, 5) is 72.9. The lowest BCUT2D eigenvalue weighted by atomic mass is 10.0. The fourth-order valence-electron chi connectivity index (χ4n) is 11.9. The number of carbonyl (C=O) groups excluding carboxylic acids is 4. The van der Waals surface area contributed by atoms with E-state index >= 15 is 0 Å². The molecule has 2 unspecified atom stereocenters. The van der Waals surface area contributed by atoms with Crippen LogP contribution in [0, 0.1) is 0 Å². The lowest BCUT2D eigenvalue weighted by Gasteiger charge is -2.21. The molecule has 0 saturated heterocycles. The summed E-state index contributed by atoms with van der Waals surface area (Å²) < 4.78 is 68.6. The van der Waals surface area contributed by atoms with E-state index < -0.39 is 97.5 Å². The largest absolute Gasteiger partial charge is 0.472 e. The number of aliphatic hydroxyl groups excluding tert-OH is 1. The van der Waals surface area contributed by atoms with Crippen molar-refractivity contribution < 1.29 is 80.2 Å². The highest BCUT2D eigenvalue weighted by atomic mass is 31.2. The Hall–Kier alpha value is -2.46. The average Bonchev–Trinajstić information content (AvgIpc) is 1.11. The Morgan fingerprint density at radius 1 is 0.283 bits per heavy atom. The Balaban J connectivity index is 5.22. The van der Waals surface area contributed by atoms with Crippen molar-refractivity contribution in [1.29, 1.82) is 0 Å². The SMILES string of the molecule is CCCCCC/C=C\C=C/CCCCCCCC(=O)OC[C@H](COP(=O)(O)OC[C@@H](O)COP(=O)(O)OC[C@@H](COC(=O)CCCCCCCCCCCC)OC(=O)CCCCCCCCCCCCCC)OC(=O)CCCCCCCCCCCCCCCCCCCCCCCC. The molecule has 0 aromatic rings. The first-order valence-electron chi connectivity index (χ1n) is 41.1. The molecular weight excluding hydrogens is 1290 g/mol. The van der Waals surface area contributed by atoms with Crippen LogP contribution in [-0.2, 0) is 65.4 Å². The minimum atomic E-state index is -4.97. The summed E-state index contributed by atoms with van der Waals surface area (Å²) in [5.41, 5.74) is 0. The number of allylic oxidation sites excluding steroid dienone is 4. The monoisotopic (exact) mass is 1450 g/mol. The van der Waals surface area contributed by atoms with Gasteiger partial charge >= 0.3 is 39.5 Å². The lowest BCUT2D eigenvalue weighted by molar-refractivity contribution is -0.161. The summed E-state index contributed by atoms with van der Waals surface area (Å²) in [7, 11) is -9.92. The molecule has 0 aliphatic heterocycles. The quantitative estimate of drug-likeness (QED) is 0.0169. The zero-order valence-electron chi connectivity index (χ0n) is 64.0. The number of hydrogen-bond acceptors (Lipinski definition) is 15. The van der Waals surface area contributed by atoms with Crippen LogP contribution in [0.15, 0.2) is 24.3 Å². The molecule has 0 rings (SSSR count). The predicted molar refractivity (Wildman–Crippen MR) is 405 cm³/mol. The van der Waals surface area contributed by atoms with Crippen LogP contribution >= 0.6 is 15.6 Å². The van der Waals surface area contributed by atoms with Crippen LogP contribution < -0.4 is 0 Å². The number of aliphatic hydroxyl groups is 1. The summed E-state index contributed by atoms with van der Waals surface area (Å²) in [5.74, 6) is -2.14. The van der Waals surface area contributed by atoms with Gasteiger partial charge in [0.2, 0.25) is 0 Å². The lowest BCUT2D eigenvalue weighted by Crippen LogP contribution is -2.30. The van der Waals surface area contributed by atoms with Gasteiger partial charge in [-0.1, -0.05) is 354 Å². The number of unbranched alkanes of at least 4 members (excludes halogenated alkanes) is 50. The third kappa shape index (κ3) is 73.6. The zero-order valence-corrected chi connectivity index (χ0v) is 65.7. The Morgan fingerprint density at radius 3 is 0.737 bits per heavy atom. The van der Waals surface area contributed by atoms with Gasteiger partial charge in [-0.3, -0.25) is 37.3 Å². The first-order chi connectivity index (χ1) is 48.2. The molecule has 584 valence electrons. The van der Waals surface area contributed by atoms with Crippen molar-refractivity contribution in [2.75, 3.05) is 39.6 Å². The normalized spacial score (nSPS) is 14.0. The van der Waals surface area contributed by atoms with Crippen LogP contribution in [0.4, 0.5) is 0 Å². The van der Waals surface area contributed by atoms with Crippen molar-refractivity contribution in [3.63, 3.8) is 0 Å². The molecule has 0 fully saturated rings. The van der Waals surface area contributed by atoms with Crippen LogP contribution in [0.5, 0.6) is 0 Å². The summed E-state index contributed by atoms with van der Waals surface area (Å²) in [6.07, 6.45) is 68.8. The second kappa shape index (κ2) is 73.8. The van der Waals surface area contributed by atoms with Crippen molar-refractivity contribution in [3.05, 3.63) is 24.3 Å². The Kier molecular flexibility index (Phi) is 72.0. The van der Waals surface area contributed by atoms with E-state index in [0.717, 1.165) is 109 Å². The Morgan fingerprint density at radius 2 is 0.485 bits per heavy atom.